The summed E-state index contributed by atoms with van der Waals surface area (Å²) in [5.74, 6) is 0.198. The minimum atomic E-state index is -2.96. The van der Waals surface area contributed by atoms with Gasteiger partial charge in [-0.25, -0.2) is 18.6 Å². The van der Waals surface area contributed by atoms with Crippen LogP contribution in [0, 0.1) is 0 Å². The number of urea groups is 1. The molecule has 2 aliphatic rings. The Kier molecular flexibility index (Phi) is 5.39. The van der Waals surface area contributed by atoms with Crippen LogP contribution in [-0.4, -0.2) is 37.7 Å². The number of sulfone groups is 1. The molecule has 1 aliphatic carbocycles. The lowest BCUT2D eigenvalue weighted by Crippen LogP contribution is -2.41. The maximum atomic E-state index is 11.7. The highest BCUT2D eigenvalue weighted by molar-refractivity contribution is 7.91. The SMILES string of the molecule is O=C(NN=C1CCCCCCC1)N[C@@H]1CCS(=O)(=O)C1. The van der Waals surface area contributed by atoms with Crippen molar-refractivity contribution >= 4 is 21.6 Å². The molecular weight excluding hydrogens is 278 g/mol. The molecule has 0 aromatic rings. The molecule has 6 nitrogen and oxygen atoms in total. The van der Waals surface area contributed by atoms with E-state index >= 15 is 0 Å². The van der Waals surface area contributed by atoms with Gasteiger partial charge in [0.1, 0.15) is 0 Å². The molecular formula is C13H23N3O3S. The smallest absolute Gasteiger partial charge is 0.333 e. The molecule has 7 heteroatoms. The first-order valence-corrected chi connectivity index (χ1v) is 9.20. The van der Waals surface area contributed by atoms with E-state index in [4.69, 9.17) is 0 Å². The summed E-state index contributed by atoms with van der Waals surface area (Å²) in [6, 6.07) is -0.681. The van der Waals surface area contributed by atoms with E-state index in [9.17, 15) is 13.2 Å². The van der Waals surface area contributed by atoms with Crippen LogP contribution in [0.4, 0.5) is 4.79 Å². The van der Waals surface area contributed by atoms with Crippen LogP contribution in [0.5, 0.6) is 0 Å². The van der Waals surface area contributed by atoms with E-state index in [0.29, 0.717) is 6.42 Å². The van der Waals surface area contributed by atoms with Gasteiger partial charge in [0.05, 0.1) is 11.5 Å². The number of amides is 2. The number of carbonyl (C=O) groups excluding carboxylic acids is 1. The number of hydrogen-bond donors (Lipinski definition) is 2. The summed E-state index contributed by atoms with van der Waals surface area (Å²) in [6.07, 6.45) is 8.38. The number of nitrogens with zero attached hydrogens (tertiary/aromatic N) is 1. The van der Waals surface area contributed by atoms with Crippen LogP contribution in [0.25, 0.3) is 0 Å². The summed E-state index contributed by atoms with van der Waals surface area (Å²) in [4.78, 5) is 11.7. The normalized spacial score (nSPS) is 26.4. The van der Waals surface area contributed by atoms with E-state index in [0.717, 1.165) is 31.4 Å². The second-order valence-electron chi connectivity index (χ2n) is 5.63. The Morgan fingerprint density at radius 1 is 1.10 bits per heavy atom. The van der Waals surface area contributed by atoms with Crippen LogP contribution in [-0.2, 0) is 9.84 Å². The maximum Gasteiger partial charge on any atom is 0.335 e. The fraction of sp³-hybridized carbons (Fsp3) is 0.846. The van der Waals surface area contributed by atoms with E-state index < -0.39 is 15.9 Å². The lowest BCUT2D eigenvalue weighted by molar-refractivity contribution is 0.238. The van der Waals surface area contributed by atoms with E-state index in [1.165, 1.54) is 19.3 Å². The van der Waals surface area contributed by atoms with Gasteiger partial charge in [-0.3, -0.25) is 0 Å². The molecule has 20 heavy (non-hydrogen) atoms. The van der Waals surface area contributed by atoms with Crippen LogP contribution < -0.4 is 10.7 Å². The van der Waals surface area contributed by atoms with Crippen molar-refractivity contribution in [2.45, 2.75) is 57.4 Å². The Labute approximate surface area is 120 Å². The van der Waals surface area contributed by atoms with Crippen molar-refractivity contribution < 1.29 is 13.2 Å². The second-order valence-corrected chi connectivity index (χ2v) is 7.86. The van der Waals surface area contributed by atoms with Crippen LogP contribution in [0.15, 0.2) is 5.10 Å². The van der Waals surface area contributed by atoms with Crippen molar-refractivity contribution in [1.82, 2.24) is 10.7 Å². The molecule has 0 aromatic heterocycles. The van der Waals surface area contributed by atoms with Gasteiger partial charge in [0.15, 0.2) is 9.84 Å². The zero-order valence-electron chi connectivity index (χ0n) is 11.7. The summed E-state index contributed by atoms with van der Waals surface area (Å²) >= 11 is 0. The van der Waals surface area contributed by atoms with Crippen molar-refractivity contribution in [2.75, 3.05) is 11.5 Å². The van der Waals surface area contributed by atoms with E-state index in [1.54, 1.807) is 0 Å². The minimum Gasteiger partial charge on any atom is -0.333 e. The molecule has 1 aliphatic heterocycles. The Morgan fingerprint density at radius 3 is 2.35 bits per heavy atom. The Bertz CT molecular complexity index is 463. The van der Waals surface area contributed by atoms with Crippen LogP contribution in [0.1, 0.15) is 51.4 Å². The molecule has 0 spiro atoms. The van der Waals surface area contributed by atoms with Gasteiger partial charge in [-0.15, -0.1) is 0 Å². The Morgan fingerprint density at radius 2 is 1.75 bits per heavy atom. The van der Waals surface area contributed by atoms with Gasteiger partial charge in [0.25, 0.3) is 0 Å². The molecule has 2 amide bonds. The molecule has 2 fully saturated rings. The zero-order valence-corrected chi connectivity index (χ0v) is 12.5. The van der Waals surface area contributed by atoms with Gasteiger partial charge in [0.2, 0.25) is 0 Å². The van der Waals surface area contributed by atoms with Gasteiger partial charge < -0.3 is 5.32 Å². The molecule has 1 heterocycles. The van der Waals surface area contributed by atoms with E-state index in [1.807, 2.05) is 0 Å². The highest BCUT2D eigenvalue weighted by Gasteiger charge is 2.28. The van der Waals surface area contributed by atoms with Crippen molar-refractivity contribution in [3.8, 4) is 0 Å². The van der Waals surface area contributed by atoms with Gasteiger partial charge in [-0.2, -0.15) is 5.10 Å². The van der Waals surface area contributed by atoms with Crippen molar-refractivity contribution in [3.63, 3.8) is 0 Å². The lowest BCUT2D eigenvalue weighted by atomic mass is 9.99. The van der Waals surface area contributed by atoms with Crippen LogP contribution in [0.2, 0.25) is 0 Å². The standard InChI is InChI=1S/C13H23N3O3S/c17-13(14-12-8-9-20(18,19)10-12)16-15-11-6-4-2-1-3-5-7-11/h12H,1-10H2,(H2,14,16,17)/t12-/m1/s1. The first kappa shape index (κ1) is 15.3. The average Bonchev–Trinajstić information content (AvgIpc) is 2.67. The van der Waals surface area contributed by atoms with Crippen LogP contribution in [0.3, 0.4) is 0 Å². The average molecular weight is 301 g/mol. The second kappa shape index (κ2) is 7.06. The molecule has 0 radical (unpaired) electrons. The fourth-order valence-corrected chi connectivity index (χ4v) is 4.35. The molecule has 1 saturated heterocycles. The number of hydrazone groups is 1. The molecule has 0 unspecified atom stereocenters. The summed E-state index contributed by atoms with van der Waals surface area (Å²) in [5.41, 5.74) is 3.54. The molecule has 2 N–H and O–H groups in total. The number of rotatable bonds is 2. The van der Waals surface area contributed by atoms with Crippen molar-refractivity contribution in [3.05, 3.63) is 0 Å². The molecule has 114 valence electrons. The molecule has 1 saturated carbocycles. The van der Waals surface area contributed by atoms with E-state index in [-0.39, 0.29) is 17.5 Å². The van der Waals surface area contributed by atoms with E-state index in [2.05, 4.69) is 15.8 Å². The summed E-state index contributed by atoms with van der Waals surface area (Å²) in [7, 11) is -2.96. The van der Waals surface area contributed by atoms with Gasteiger partial charge in [-0.05, 0) is 32.1 Å². The monoisotopic (exact) mass is 301 g/mol. The third-order valence-electron chi connectivity index (χ3n) is 3.81. The zero-order chi connectivity index (χ0) is 14.4. The summed E-state index contributed by atoms with van der Waals surface area (Å²) < 4.78 is 22.6. The van der Waals surface area contributed by atoms with Crippen LogP contribution >= 0.6 is 0 Å². The van der Waals surface area contributed by atoms with Crippen molar-refractivity contribution in [2.24, 2.45) is 5.10 Å². The first-order chi connectivity index (χ1) is 9.55. The first-order valence-electron chi connectivity index (χ1n) is 7.37. The highest BCUT2D eigenvalue weighted by atomic mass is 32.2. The predicted molar refractivity (Wildman–Crippen MR) is 78.5 cm³/mol. The Balaban J connectivity index is 1.76. The van der Waals surface area contributed by atoms with Gasteiger partial charge in [0, 0.05) is 11.8 Å². The number of carbonyl (C=O) groups is 1. The van der Waals surface area contributed by atoms with Gasteiger partial charge in [-0.1, -0.05) is 19.3 Å². The largest absolute Gasteiger partial charge is 0.335 e. The molecule has 2 rings (SSSR count). The molecule has 1 atom stereocenters. The number of hydrogen-bond acceptors (Lipinski definition) is 4. The Hall–Kier alpha value is -1.11. The van der Waals surface area contributed by atoms with Gasteiger partial charge >= 0.3 is 6.03 Å². The predicted octanol–water partition coefficient (Wildman–Crippen LogP) is 1.57. The minimum absolute atomic E-state index is 0.0387. The lowest BCUT2D eigenvalue weighted by Gasteiger charge is -2.12. The number of nitrogens with one attached hydrogen (secondary N) is 2. The van der Waals surface area contributed by atoms with Crippen molar-refractivity contribution in [1.29, 1.82) is 0 Å². The maximum absolute atomic E-state index is 11.7. The third kappa shape index (κ3) is 5.11. The summed E-state index contributed by atoms with van der Waals surface area (Å²) in [6.45, 7) is 0. The molecule has 0 bridgehead atoms. The quantitative estimate of drug-likeness (QED) is 0.759. The molecule has 0 aromatic carbocycles. The summed E-state index contributed by atoms with van der Waals surface area (Å²) in [5, 5.41) is 6.83. The fourth-order valence-electron chi connectivity index (χ4n) is 2.68. The topological polar surface area (TPSA) is 87.6 Å². The third-order valence-corrected chi connectivity index (χ3v) is 5.58. The highest BCUT2D eigenvalue weighted by Crippen LogP contribution is 2.14.